The van der Waals surface area contributed by atoms with Gasteiger partial charge in [-0.25, -0.2) is 0 Å². The molecule has 0 spiro atoms. The lowest BCUT2D eigenvalue weighted by atomic mass is 9.93. The van der Waals surface area contributed by atoms with Crippen LogP contribution in [0, 0.1) is 0 Å². The number of nitrogens with one attached hydrogen (secondary N) is 1. The summed E-state index contributed by atoms with van der Waals surface area (Å²) in [6.45, 7) is 13.4. The molecule has 0 amide bonds. The third kappa shape index (κ3) is 2.96. The summed E-state index contributed by atoms with van der Waals surface area (Å²) in [5, 5.41) is 16.4. The SMILES string of the molecule is C=Cc1c(/C=C\C)c2c(C=O)c(CNC)c3c(/C=C\C)c(C=C)n4c3c2n1CCCC4O. The van der Waals surface area contributed by atoms with Crippen molar-refractivity contribution in [1.29, 1.82) is 0 Å². The van der Waals surface area contributed by atoms with Gasteiger partial charge in [0.25, 0.3) is 0 Å². The molecule has 2 aromatic heterocycles. The van der Waals surface area contributed by atoms with E-state index in [-0.39, 0.29) is 0 Å². The average molecular weight is 430 g/mol. The minimum Gasteiger partial charge on any atom is -0.373 e. The number of aryl methyl sites for hydroxylation is 1. The number of aldehydes is 1. The number of hydrogen-bond acceptors (Lipinski definition) is 3. The second-order valence-electron chi connectivity index (χ2n) is 8.14. The number of aliphatic hydroxyl groups is 1. The van der Waals surface area contributed by atoms with Gasteiger partial charge >= 0.3 is 0 Å². The number of hydrogen-bond donors (Lipinski definition) is 2. The molecular formula is C27H31N3O2. The molecule has 5 nitrogen and oxygen atoms in total. The first kappa shape index (κ1) is 22.1. The van der Waals surface area contributed by atoms with Crippen molar-refractivity contribution in [2.24, 2.45) is 0 Å². The number of aromatic nitrogens is 2. The van der Waals surface area contributed by atoms with Crippen LogP contribution < -0.4 is 5.32 Å². The zero-order chi connectivity index (χ0) is 23.0. The quantitative estimate of drug-likeness (QED) is 0.469. The molecule has 4 rings (SSSR count). The van der Waals surface area contributed by atoms with E-state index in [1.54, 1.807) is 0 Å². The first-order chi connectivity index (χ1) is 15.6. The zero-order valence-corrected chi connectivity index (χ0v) is 19.1. The Morgan fingerprint density at radius 2 is 1.69 bits per heavy atom. The Kier molecular flexibility index (Phi) is 6.04. The van der Waals surface area contributed by atoms with Crippen molar-refractivity contribution in [3.8, 4) is 0 Å². The predicted octanol–water partition coefficient (Wildman–Crippen LogP) is 5.76. The third-order valence-corrected chi connectivity index (χ3v) is 6.41. The molecular weight excluding hydrogens is 398 g/mol. The smallest absolute Gasteiger partial charge is 0.151 e. The lowest BCUT2D eigenvalue weighted by Crippen LogP contribution is -2.15. The molecule has 2 N–H and O–H groups in total. The summed E-state index contributed by atoms with van der Waals surface area (Å²) in [6.07, 6.45) is 13.5. The Labute approximate surface area is 189 Å². The third-order valence-electron chi connectivity index (χ3n) is 6.41. The summed E-state index contributed by atoms with van der Waals surface area (Å²) in [5.74, 6) is 0. The first-order valence-electron chi connectivity index (χ1n) is 11.2. The van der Waals surface area contributed by atoms with Crippen LogP contribution in [0.2, 0.25) is 0 Å². The molecule has 5 heteroatoms. The van der Waals surface area contributed by atoms with Crippen molar-refractivity contribution in [3.05, 3.63) is 59.0 Å². The molecule has 32 heavy (non-hydrogen) atoms. The number of carbonyl (C=O) groups excluding carboxylic acids is 1. The number of carbonyl (C=O) groups is 1. The molecule has 0 bridgehead atoms. The Morgan fingerprint density at radius 3 is 2.25 bits per heavy atom. The van der Waals surface area contributed by atoms with Gasteiger partial charge in [-0.2, -0.15) is 0 Å². The van der Waals surface area contributed by atoms with Crippen LogP contribution in [0.3, 0.4) is 0 Å². The van der Waals surface area contributed by atoms with Crippen molar-refractivity contribution in [3.63, 3.8) is 0 Å². The van der Waals surface area contributed by atoms with Gasteiger partial charge in [0, 0.05) is 46.2 Å². The van der Waals surface area contributed by atoms with E-state index in [1.807, 2.05) is 49.8 Å². The van der Waals surface area contributed by atoms with E-state index < -0.39 is 6.23 Å². The van der Waals surface area contributed by atoms with Crippen LogP contribution in [0.1, 0.15) is 71.4 Å². The summed E-state index contributed by atoms with van der Waals surface area (Å²) >= 11 is 0. The van der Waals surface area contributed by atoms with Crippen LogP contribution in [-0.2, 0) is 13.1 Å². The number of nitrogens with zero attached hydrogens (tertiary/aromatic N) is 2. The lowest BCUT2D eigenvalue weighted by molar-refractivity contribution is 0.0940. The monoisotopic (exact) mass is 429 g/mol. The van der Waals surface area contributed by atoms with Gasteiger partial charge in [0.2, 0.25) is 0 Å². The molecule has 0 saturated carbocycles. The van der Waals surface area contributed by atoms with Gasteiger partial charge < -0.3 is 19.6 Å². The second-order valence-corrected chi connectivity index (χ2v) is 8.14. The van der Waals surface area contributed by atoms with Gasteiger partial charge in [-0.3, -0.25) is 4.79 Å². The van der Waals surface area contributed by atoms with E-state index in [0.717, 1.165) is 69.1 Å². The molecule has 0 radical (unpaired) electrons. The maximum Gasteiger partial charge on any atom is 0.151 e. The van der Waals surface area contributed by atoms with Crippen molar-refractivity contribution in [1.82, 2.24) is 14.5 Å². The highest BCUT2D eigenvalue weighted by molar-refractivity contribution is 6.19. The molecule has 1 aromatic carbocycles. The molecule has 0 saturated heterocycles. The van der Waals surface area contributed by atoms with Crippen LogP contribution in [0.5, 0.6) is 0 Å². The van der Waals surface area contributed by atoms with E-state index in [2.05, 4.69) is 35.2 Å². The Balaban J connectivity index is 2.46. The lowest BCUT2D eigenvalue weighted by Gasteiger charge is -2.22. The van der Waals surface area contributed by atoms with E-state index in [4.69, 9.17) is 0 Å². The van der Waals surface area contributed by atoms with Gasteiger partial charge in [0.15, 0.2) is 6.29 Å². The number of aliphatic hydroxyl groups excluding tert-OH is 1. The highest BCUT2D eigenvalue weighted by Crippen LogP contribution is 2.45. The summed E-state index contributed by atoms with van der Waals surface area (Å²) in [5.41, 5.74) is 7.39. The largest absolute Gasteiger partial charge is 0.373 e. The Morgan fingerprint density at radius 1 is 1.03 bits per heavy atom. The standard InChI is InChI=1S/C27H31N3O2/c1-6-11-17-21(8-3)29-14-10-13-23(32)30-22(9-4)18(12-7-2)24-19(15-28-5)20(16-31)25(17)26(29)27(24)30/h6-9,11-12,16,23,28,32H,3-4,10,13-15H2,1-2,5H3/b11-6-,12-7-. The maximum atomic E-state index is 12.6. The molecule has 3 heterocycles. The van der Waals surface area contributed by atoms with Gasteiger partial charge in [0.05, 0.1) is 16.7 Å². The number of rotatable bonds is 7. The molecule has 0 aliphatic carbocycles. The van der Waals surface area contributed by atoms with Crippen LogP contribution in [0.4, 0.5) is 0 Å². The predicted molar refractivity (Wildman–Crippen MR) is 136 cm³/mol. The van der Waals surface area contributed by atoms with E-state index >= 15 is 0 Å². The van der Waals surface area contributed by atoms with Crippen molar-refractivity contribution >= 4 is 52.4 Å². The van der Waals surface area contributed by atoms with Gasteiger partial charge in [-0.05, 0) is 51.5 Å². The van der Waals surface area contributed by atoms with Crippen molar-refractivity contribution in [2.75, 3.05) is 7.05 Å². The maximum absolute atomic E-state index is 12.6. The molecule has 1 atom stereocenters. The topological polar surface area (TPSA) is 59.2 Å². The summed E-state index contributed by atoms with van der Waals surface area (Å²) in [6, 6.07) is 0. The van der Waals surface area contributed by atoms with Crippen molar-refractivity contribution < 1.29 is 9.90 Å². The summed E-state index contributed by atoms with van der Waals surface area (Å²) in [4.78, 5) is 12.6. The fourth-order valence-electron chi connectivity index (χ4n) is 5.32. The van der Waals surface area contributed by atoms with Crippen LogP contribution in [-0.4, -0.2) is 27.6 Å². The molecule has 166 valence electrons. The minimum absolute atomic E-state index is 0.533. The van der Waals surface area contributed by atoms with E-state index in [1.165, 1.54) is 0 Å². The molecule has 1 unspecified atom stereocenters. The van der Waals surface area contributed by atoms with E-state index in [9.17, 15) is 9.90 Å². The van der Waals surface area contributed by atoms with Gasteiger partial charge in [0.1, 0.15) is 6.23 Å². The molecule has 0 fully saturated rings. The van der Waals surface area contributed by atoms with Crippen molar-refractivity contribution in [2.45, 2.75) is 46.0 Å². The molecule has 1 aliphatic rings. The van der Waals surface area contributed by atoms with E-state index in [0.29, 0.717) is 18.5 Å². The van der Waals surface area contributed by atoms with Crippen LogP contribution >= 0.6 is 0 Å². The molecule has 3 aromatic rings. The Hall–Kier alpha value is -3.15. The fraction of sp³-hybridized carbons (Fsp3) is 0.296. The van der Waals surface area contributed by atoms with Gasteiger partial charge in [-0.1, -0.05) is 37.5 Å². The highest BCUT2D eigenvalue weighted by Gasteiger charge is 2.30. The minimum atomic E-state index is -0.668. The number of benzene rings is 1. The van der Waals surface area contributed by atoms with Gasteiger partial charge in [-0.15, -0.1) is 0 Å². The summed E-state index contributed by atoms with van der Waals surface area (Å²) in [7, 11) is 1.89. The normalized spacial score (nSPS) is 16.4. The average Bonchev–Trinajstić information content (AvgIpc) is 3.26. The fourth-order valence-corrected chi connectivity index (χ4v) is 5.32. The Bertz CT molecular complexity index is 1300. The highest BCUT2D eigenvalue weighted by atomic mass is 16.3. The molecule has 1 aliphatic heterocycles. The summed E-state index contributed by atoms with van der Waals surface area (Å²) < 4.78 is 4.28. The second kappa shape index (κ2) is 8.77. The van der Waals surface area contributed by atoms with Crippen LogP contribution in [0.25, 0.3) is 46.1 Å². The zero-order valence-electron chi connectivity index (χ0n) is 19.1. The number of allylic oxidation sites excluding steroid dienone is 2. The first-order valence-corrected chi connectivity index (χ1v) is 11.2. The van der Waals surface area contributed by atoms with Crippen LogP contribution in [0.15, 0.2) is 25.3 Å².